The maximum atomic E-state index is 13.3. The minimum Gasteiger partial charge on any atom is -0.497 e. The van der Waals surface area contributed by atoms with Crippen molar-refractivity contribution < 1.29 is 9.53 Å². The Morgan fingerprint density at radius 1 is 1.13 bits per heavy atom. The Hall–Kier alpha value is -3.35. The Morgan fingerprint density at radius 2 is 1.97 bits per heavy atom. The van der Waals surface area contributed by atoms with Gasteiger partial charge in [0.15, 0.2) is 5.82 Å². The number of ether oxygens (including phenoxy) is 1. The number of aryl methyl sites for hydroxylation is 2. The molecule has 1 aliphatic heterocycles. The summed E-state index contributed by atoms with van der Waals surface area (Å²) in [7, 11) is 1.61. The summed E-state index contributed by atoms with van der Waals surface area (Å²) < 4.78 is 7.44. The van der Waals surface area contributed by atoms with Crippen LogP contribution in [0.25, 0.3) is 0 Å². The van der Waals surface area contributed by atoms with Crippen LogP contribution in [0.4, 0.5) is 16.2 Å². The third-order valence-electron chi connectivity index (χ3n) is 5.40. The maximum absolute atomic E-state index is 13.3. The second-order valence-electron chi connectivity index (χ2n) is 7.58. The fraction of sp³-hybridized carbons (Fsp3) is 0.348. The van der Waals surface area contributed by atoms with Crippen molar-refractivity contribution in [2.45, 2.75) is 45.7 Å². The fourth-order valence-corrected chi connectivity index (χ4v) is 3.70. The molecule has 0 atom stereocenters. The van der Waals surface area contributed by atoms with Gasteiger partial charge in [-0.25, -0.2) is 4.79 Å². The number of hydrogen-bond acceptors (Lipinski definition) is 4. The summed E-state index contributed by atoms with van der Waals surface area (Å²) in [4.78, 5) is 15.0. The lowest BCUT2D eigenvalue weighted by Gasteiger charge is -2.23. The van der Waals surface area contributed by atoms with Crippen LogP contribution in [0.5, 0.6) is 5.75 Å². The van der Waals surface area contributed by atoms with Crippen LogP contribution in [0.3, 0.4) is 0 Å². The minimum absolute atomic E-state index is 0.224. The number of carbonyl (C=O) groups excluding carboxylic acids is 1. The highest BCUT2D eigenvalue weighted by Crippen LogP contribution is 2.23. The van der Waals surface area contributed by atoms with Gasteiger partial charge in [0, 0.05) is 30.4 Å². The largest absolute Gasteiger partial charge is 0.497 e. The van der Waals surface area contributed by atoms with Gasteiger partial charge in [-0.2, -0.15) is 0 Å². The molecule has 1 N–H and O–H groups in total. The molecule has 7 heteroatoms. The molecular weight excluding hydrogens is 378 g/mol. The lowest BCUT2D eigenvalue weighted by molar-refractivity contribution is 0.256. The number of urea groups is 1. The first-order valence-electron chi connectivity index (χ1n) is 10.3. The van der Waals surface area contributed by atoms with Crippen molar-refractivity contribution in [3.63, 3.8) is 0 Å². The molecule has 0 bridgehead atoms. The average molecular weight is 406 g/mol. The van der Waals surface area contributed by atoms with Crippen molar-refractivity contribution in [1.82, 2.24) is 14.8 Å². The van der Waals surface area contributed by atoms with Gasteiger partial charge in [0.05, 0.1) is 13.7 Å². The minimum atomic E-state index is -0.224. The third kappa shape index (κ3) is 4.45. The van der Waals surface area contributed by atoms with Gasteiger partial charge in [-0.3, -0.25) is 4.90 Å². The summed E-state index contributed by atoms with van der Waals surface area (Å²) in [6.45, 7) is 3.28. The monoisotopic (exact) mass is 405 g/mol. The second kappa shape index (κ2) is 8.98. The molecule has 4 rings (SSSR count). The first-order valence-corrected chi connectivity index (χ1v) is 10.3. The van der Waals surface area contributed by atoms with Gasteiger partial charge in [-0.15, -0.1) is 10.2 Å². The zero-order valence-corrected chi connectivity index (χ0v) is 17.5. The van der Waals surface area contributed by atoms with Crippen LogP contribution in [-0.2, 0) is 19.5 Å². The number of amides is 2. The lowest BCUT2D eigenvalue weighted by atomic mass is 10.2. The van der Waals surface area contributed by atoms with E-state index < -0.39 is 0 Å². The van der Waals surface area contributed by atoms with E-state index in [0.29, 0.717) is 18.0 Å². The number of fused-ring (bicyclic) bond motifs is 1. The molecule has 0 unspecified atom stereocenters. The quantitative estimate of drug-likeness (QED) is 0.675. The van der Waals surface area contributed by atoms with Gasteiger partial charge < -0.3 is 14.6 Å². The molecule has 0 spiro atoms. The molecule has 0 saturated heterocycles. The second-order valence-corrected chi connectivity index (χ2v) is 7.58. The van der Waals surface area contributed by atoms with E-state index in [1.807, 2.05) is 49.4 Å². The zero-order chi connectivity index (χ0) is 20.9. The number of methoxy groups -OCH3 is 1. The highest BCUT2D eigenvalue weighted by atomic mass is 16.5. The SMILES string of the molecule is COc1cccc(NC(=O)N(Cc2nnc3n2CCCCC3)c2ccc(C)cc2)c1. The van der Waals surface area contributed by atoms with Crippen molar-refractivity contribution in [1.29, 1.82) is 0 Å². The normalized spacial score (nSPS) is 13.3. The van der Waals surface area contributed by atoms with Crippen LogP contribution >= 0.6 is 0 Å². The first kappa shape index (κ1) is 19.9. The molecule has 30 heavy (non-hydrogen) atoms. The van der Waals surface area contributed by atoms with E-state index >= 15 is 0 Å². The number of benzene rings is 2. The van der Waals surface area contributed by atoms with Crippen molar-refractivity contribution >= 4 is 17.4 Å². The summed E-state index contributed by atoms with van der Waals surface area (Å²) >= 11 is 0. The third-order valence-corrected chi connectivity index (χ3v) is 5.40. The van der Waals surface area contributed by atoms with E-state index in [9.17, 15) is 4.79 Å². The van der Waals surface area contributed by atoms with Crippen LogP contribution in [0.1, 0.15) is 36.5 Å². The van der Waals surface area contributed by atoms with Crippen LogP contribution in [0.15, 0.2) is 48.5 Å². The van der Waals surface area contributed by atoms with E-state index in [4.69, 9.17) is 4.74 Å². The van der Waals surface area contributed by atoms with Crippen molar-refractivity contribution in [2.75, 3.05) is 17.3 Å². The van der Waals surface area contributed by atoms with Crippen LogP contribution in [0.2, 0.25) is 0 Å². The fourth-order valence-electron chi connectivity index (χ4n) is 3.70. The van der Waals surface area contributed by atoms with Crippen LogP contribution in [0, 0.1) is 6.92 Å². The molecule has 7 nitrogen and oxygen atoms in total. The van der Waals surface area contributed by atoms with Crippen molar-refractivity contribution in [3.8, 4) is 5.75 Å². The number of carbonyl (C=O) groups is 1. The molecule has 0 saturated carbocycles. The smallest absolute Gasteiger partial charge is 0.326 e. The van der Waals surface area contributed by atoms with Gasteiger partial charge in [0.2, 0.25) is 0 Å². The lowest BCUT2D eigenvalue weighted by Crippen LogP contribution is -2.35. The molecular formula is C23H27N5O2. The van der Waals surface area contributed by atoms with E-state index in [2.05, 4.69) is 20.1 Å². The van der Waals surface area contributed by atoms with E-state index in [1.165, 1.54) is 6.42 Å². The van der Waals surface area contributed by atoms with Crippen molar-refractivity contribution in [3.05, 3.63) is 65.7 Å². The Morgan fingerprint density at radius 3 is 2.77 bits per heavy atom. The standard InChI is InChI=1S/C23H27N5O2/c1-17-10-12-19(13-11-17)28(23(29)24-18-7-6-8-20(15-18)30-2)16-22-26-25-21-9-4-3-5-14-27(21)22/h6-8,10-13,15H,3-5,9,14,16H2,1-2H3,(H,24,29). The number of anilines is 2. The predicted octanol–water partition coefficient (Wildman–Crippen LogP) is 4.56. The number of aromatic nitrogens is 3. The summed E-state index contributed by atoms with van der Waals surface area (Å²) in [5.41, 5.74) is 2.63. The number of nitrogens with zero attached hydrogens (tertiary/aromatic N) is 4. The molecule has 0 aliphatic carbocycles. The van der Waals surface area contributed by atoms with Gasteiger partial charge in [-0.05, 0) is 44.0 Å². The zero-order valence-electron chi connectivity index (χ0n) is 17.5. The Bertz CT molecular complexity index is 1010. The summed E-state index contributed by atoms with van der Waals surface area (Å²) in [6, 6.07) is 15.0. The van der Waals surface area contributed by atoms with E-state index in [1.54, 1.807) is 18.1 Å². The molecule has 156 valence electrons. The number of nitrogens with one attached hydrogen (secondary N) is 1. The van der Waals surface area contributed by atoms with Gasteiger partial charge in [-0.1, -0.05) is 30.2 Å². The molecule has 2 amide bonds. The molecule has 2 aromatic carbocycles. The topological polar surface area (TPSA) is 72.3 Å². The number of rotatable bonds is 5. The van der Waals surface area contributed by atoms with Gasteiger partial charge >= 0.3 is 6.03 Å². The molecule has 0 radical (unpaired) electrons. The van der Waals surface area contributed by atoms with E-state index in [0.717, 1.165) is 48.7 Å². The predicted molar refractivity (Wildman–Crippen MR) is 117 cm³/mol. The summed E-state index contributed by atoms with van der Waals surface area (Å²) in [6.07, 6.45) is 4.38. The molecule has 3 aromatic rings. The average Bonchev–Trinajstić information content (AvgIpc) is 2.98. The molecule has 0 fully saturated rings. The number of hydrogen-bond donors (Lipinski definition) is 1. The Balaban J connectivity index is 1.62. The maximum Gasteiger partial charge on any atom is 0.326 e. The summed E-state index contributed by atoms with van der Waals surface area (Å²) in [5, 5.41) is 11.8. The molecule has 1 aliphatic rings. The van der Waals surface area contributed by atoms with Gasteiger partial charge in [0.1, 0.15) is 11.6 Å². The molecule has 1 aromatic heterocycles. The van der Waals surface area contributed by atoms with E-state index in [-0.39, 0.29) is 6.03 Å². The first-order chi connectivity index (χ1) is 14.6. The Labute approximate surface area is 176 Å². The Kier molecular flexibility index (Phi) is 5.97. The van der Waals surface area contributed by atoms with Crippen LogP contribution in [-0.4, -0.2) is 27.9 Å². The summed E-state index contributed by atoms with van der Waals surface area (Å²) in [5.74, 6) is 2.52. The highest BCUT2D eigenvalue weighted by molar-refractivity contribution is 6.01. The van der Waals surface area contributed by atoms with Gasteiger partial charge in [0.25, 0.3) is 0 Å². The van der Waals surface area contributed by atoms with Crippen LogP contribution < -0.4 is 15.0 Å². The molecule has 2 heterocycles. The highest BCUT2D eigenvalue weighted by Gasteiger charge is 2.22. The van der Waals surface area contributed by atoms with Crippen molar-refractivity contribution in [2.24, 2.45) is 0 Å².